The standard InChI is InChI=1S/C11H18N4O2/c1-3-15-10(9(12)7(2)14-15)11(16)13-8-4-5-17-6-8/h8H,3-6,12H2,1-2H3,(H,13,16). The van der Waals surface area contributed by atoms with E-state index in [1.807, 2.05) is 6.92 Å². The Labute approximate surface area is 100 Å². The molecular formula is C11H18N4O2. The molecule has 17 heavy (non-hydrogen) atoms. The van der Waals surface area contributed by atoms with Crippen LogP contribution in [0.5, 0.6) is 0 Å². The number of nitrogens with one attached hydrogen (secondary N) is 1. The summed E-state index contributed by atoms with van der Waals surface area (Å²) in [5, 5.41) is 7.14. The van der Waals surface area contributed by atoms with Gasteiger partial charge in [0.05, 0.1) is 24.0 Å². The number of aryl methyl sites for hydroxylation is 2. The number of carbonyl (C=O) groups excluding carboxylic acids is 1. The van der Waals surface area contributed by atoms with Gasteiger partial charge in [0, 0.05) is 13.2 Å². The summed E-state index contributed by atoms with van der Waals surface area (Å²) >= 11 is 0. The molecule has 1 aliphatic rings. The lowest BCUT2D eigenvalue weighted by atomic mass is 10.2. The van der Waals surface area contributed by atoms with E-state index < -0.39 is 0 Å². The number of rotatable bonds is 3. The SMILES string of the molecule is CCn1nc(C)c(N)c1C(=O)NC1CCOC1. The fourth-order valence-corrected chi connectivity index (χ4v) is 1.97. The van der Waals surface area contributed by atoms with Crippen molar-refractivity contribution in [2.45, 2.75) is 32.9 Å². The van der Waals surface area contributed by atoms with E-state index >= 15 is 0 Å². The monoisotopic (exact) mass is 238 g/mol. The molecule has 2 rings (SSSR count). The summed E-state index contributed by atoms with van der Waals surface area (Å²) < 4.78 is 6.85. The maximum Gasteiger partial charge on any atom is 0.272 e. The van der Waals surface area contributed by atoms with Crippen molar-refractivity contribution in [3.8, 4) is 0 Å². The third-order valence-corrected chi connectivity index (χ3v) is 2.95. The lowest BCUT2D eigenvalue weighted by Crippen LogP contribution is -2.36. The third-order valence-electron chi connectivity index (χ3n) is 2.95. The molecule has 0 saturated carbocycles. The van der Waals surface area contributed by atoms with Gasteiger partial charge in [0.2, 0.25) is 0 Å². The van der Waals surface area contributed by atoms with Crippen molar-refractivity contribution in [2.75, 3.05) is 18.9 Å². The molecule has 1 aromatic heterocycles. The topological polar surface area (TPSA) is 82.2 Å². The number of aromatic nitrogens is 2. The molecule has 1 fully saturated rings. The van der Waals surface area contributed by atoms with Crippen molar-refractivity contribution in [3.63, 3.8) is 0 Å². The minimum atomic E-state index is -0.166. The number of ether oxygens (including phenoxy) is 1. The van der Waals surface area contributed by atoms with Gasteiger partial charge in [-0.2, -0.15) is 5.10 Å². The fraction of sp³-hybridized carbons (Fsp3) is 0.636. The van der Waals surface area contributed by atoms with Crippen LogP contribution in [0.3, 0.4) is 0 Å². The average molecular weight is 238 g/mol. The van der Waals surface area contributed by atoms with Gasteiger partial charge in [-0.05, 0) is 20.3 Å². The first kappa shape index (κ1) is 11.9. The minimum absolute atomic E-state index is 0.0856. The predicted octanol–water partition coefficient (Wildman–Crippen LogP) is 0.312. The molecule has 0 aromatic carbocycles. The molecule has 1 aromatic rings. The summed E-state index contributed by atoms with van der Waals surface area (Å²) in [5.41, 5.74) is 7.49. The summed E-state index contributed by atoms with van der Waals surface area (Å²) in [6.45, 7) is 5.64. The number of anilines is 1. The van der Waals surface area contributed by atoms with Gasteiger partial charge in [-0.1, -0.05) is 0 Å². The van der Waals surface area contributed by atoms with E-state index in [0.717, 1.165) is 6.42 Å². The number of nitrogens with zero attached hydrogens (tertiary/aromatic N) is 2. The molecule has 2 heterocycles. The molecule has 0 radical (unpaired) electrons. The lowest BCUT2D eigenvalue weighted by Gasteiger charge is -2.11. The molecule has 94 valence electrons. The average Bonchev–Trinajstić information content (AvgIpc) is 2.88. The first-order chi connectivity index (χ1) is 8.13. The number of carbonyl (C=O) groups is 1. The zero-order valence-corrected chi connectivity index (χ0v) is 10.2. The van der Waals surface area contributed by atoms with E-state index in [9.17, 15) is 4.79 Å². The van der Waals surface area contributed by atoms with Crippen LogP contribution in [0.25, 0.3) is 0 Å². The van der Waals surface area contributed by atoms with Crippen LogP contribution in [0, 0.1) is 6.92 Å². The minimum Gasteiger partial charge on any atom is -0.395 e. The highest BCUT2D eigenvalue weighted by atomic mass is 16.5. The zero-order valence-electron chi connectivity index (χ0n) is 10.2. The Morgan fingerprint density at radius 1 is 1.71 bits per heavy atom. The lowest BCUT2D eigenvalue weighted by molar-refractivity contribution is 0.0920. The van der Waals surface area contributed by atoms with Crippen LogP contribution in [0.15, 0.2) is 0 Å². The molecular weight excluding hydrogens is 220 g/mol. The number of nitrogen functional groups attached to an aromatic ring is 1. The van der Waals surface area contributed by atoms with Crippen molar-refractivity contribution < 1.29 is 9.53 Å². The molecule has 6 nitrogen and oxygen atoms in total. The molecule has 0 bridgehead atoms. The second-order valence-corrected chi connectivity index (χ2v) is 4.20. The van der Waals surface area contributed by atoms with Gasteiger partial charge in [0.25, 0.3) is 5.91 Å². The Kier molecular flexibility index (Phi) is 3.33. The van der Waals surface area contributed by atoms with E-state index in [4.69, 9.17) is 10.5 Å². The van der Waals surface area contributed by atoms with Crippen LogP contribution < -0.4 is 11.1 Å². The maximum atomic E-state index is 12.1. The highest BCUT2D eigenvalue weighted by molar-refractivity contribution is 5.98. The van der Waals surface area contributed by atoms with Crippen LogP contribution >= 0.6 is 0 Å². The molecule has 0 spiro atoms. The first-order valence-corrected chi connectivity index (χ1v) is 5.85. The Bertz CT molecular complexity index is 421. The molecule has 1 unspecified atom stereocenters. The molecule has 1 saturated heterocycles. The highest BCUT2D eigenvalue weighted by Gasteiger charge is 2.23. The Morgan fingerprint density at radius 2 is 2.47 bits per heavy atom. The van der Waals surface area contributed by atoms with Crippen molar-refractivity contribution in [1.82, 2.24) is 15.1 Å². The van der Waals surface area contributed by atoms with E-state index in [-0.39, 0.29) is 11.9 Å². The van der Waals surface area contributed by atoms with Gasteiger partial charge < -0.3 is 15.8 Å². The summed E-state index contributed by atoms with van der Waals surface area (Å²) in [5.74, 6) is -0.166. The van der Waals surface area contributed by atoms with Crippen LogP contribution in [0.1, 0.15) is 29.5 Å². The highest BCUT2D eigenvalue weighted by Crippen LogP contribution is 2.17. The first-order valence-electron chi connectivity index (χ1n) is 5.85. The van der Waals surface area contributed by atoms with Crippen LogP contribution in [-0.4, -0.2) is 34.9 Å². The number of nitrogens with two attached hydrogens (primary N) is 1. The Balaban J connectivity index is 2.17. The van der Waals surface area contributed by atoms with Gasteiger partial charge in [-0.3, -0.25) is 9.48 Å². The fourth-order valence-electron chi connectivity index (χ4n) is 1.97. The second kappa shape index (κ2) is 4.75. The van der Waals surface area contributed by atoms with Gasteiger partial charge in [-0.25, -0.2) is 0 Å². The molecule has 1 atom stereocenters. The van der Waals surface area contributed by atoms with Crippen molar-refractivity contribution in [3.05, 3.63) is 11.4 Å². The van der Waals surface area contributed by atoms with Crippen molar-refractivity contribution >= 4 is 11.6 Å². The molecule has 0 aliphatic carbocycles. The predicted molar refractivity (Wildman–Crippen MR) is 63.7 cm³/mol. The number of hydrogen-bond acceptors (Lipinski definition) is 4. The number of amides is 1. The quantitative estimate of drug-likeness (QED) is 0.794. The van der Waals surface area contributed by atoms with Gasteiger partial charge in [0.15, 0.2) is 0 Å². The molecule has 1 amide bonds. The van der Waals surface area contributed by atoms with E-state index in [0.29, 0.717) is 36.8 Å². The van der Waals surface area contributed by atoms with Crippen molar-refractivity contribution in [2.24, 2.45) is 0 Å². The second-order valence-electron chi connectivity index (χ2n) is 4.20. The van der Waals surface area contributed by atoms with Gasteiger partial charge in [-0.15, -0.1) is 0 Å². The van der Waals surface area contributed by atoms with E-state index in [2.05, 4.69) is 10.4 Å². The largest absolute Gasteiger partial charge is 0.395 e. The normalized spacial score (nSPS) is 19.5. The smallest absolute Gasteiger partial charge is 0.272 e. The maximum absolute atomic E-state index is 12.1. The summed E-state index contributed by atoms with van der Waals surface area (Å²) in [6, 6.07) is 0.0856. The summed E-state index contributed by atoms with van der Waals surface area (Å²) in [6.07, 6.45) is 0.852. The number of hydrogen-bond donors (Lipinski definition) is 2. The Hall–Kier alpha value is -1.56. The van der Waals surface area contributed by atoms with Crippen LogP contribution in [0.4, 0.5) is 5.69 Å². The molecule has 1 aliphatic heterocycles. The molecule has 3 N–H and O–H groups in total. The van der Waals surface area contributed by atoms with Crippen LogP contribution in [-0.2, 0) is 11.3 Å². The van der Waals surface area contributed by atoms with Gasteiger partial charge in [0.1, 0.15) is 5.69 Å². The Morgan fingerprint density at radius 3 is 3.06 bits per heavy atom. The van der Waals surface area contributed by atoms with Crippen molar-refractivity contribution in [1.29, 1.82) is 0 Å². The van der Waals surface area contributed by atoms with Gasteiger partial charge >= 0.3 is 0 Å². The zero-order chi connectivity index (χ0) is 12.4. The third kappa shape index (κ3) is 2.26. The summed E-state index contributed by atoms with van der Waals surface area (Å²) in [4.78, 5) is 12.1. The van der Waals surface area contributed by atoms with Crippen LogP contribution in [0.2, 0.25) is 0 Å². The van der Waals surface area contributed by atoms with E-state index in [1.54, 1.807) is 11.6 Å². The van der Waals surface area contributed by atoms with E-state index in [1.165, 1.54) is 0 Å². The summed E-state index contributed by atoms with van der Waals surface area (Å²) in [7, 11) is 0. The molecule has 6 heteroatoms.